The molecule has 7 heteroatoms. The maximum atomic E-state index is 11.5. The summed E-state index contributed by atoms with van der Waals surface area (Å²) < 4.78 is 0. The Kier molecular flexibility index (Phi) is 12.0. The van der Waals surface area contributed by atoms with Crippen LogP contribution >= 0.6 is 0 Å². The average Bonchev–Trinajstić information content (AvgIpc) is 3.13. The first-order valence-corrected chi connectivity index (χ1v) is 16.2. The number of carboxylic acid groups (broad SMARTS) is 2. The summed E-state index contributed by atoms with van der Waals surface area (Å²) in [6, 6.07) is 44.9. The second-order valence-corrected chi connectivity index (χ2v) is 13.1. The molecule has 0 aromatic heterocycles. The number of aromatic hydroxyl groups is 2. The van der Waals surface area contributed by atoms with E-state index in [9.17, 15) is 30.0 Å². The summed E-state index contributed by atoms with van der Waals surface area (Å²) in [5.41, 5.74) is 4.97. The van der Waals surface area contributed by atoms with Gasteiger partial charge in [-0.25, -0.2) is 0 Å². The minimum absolute atomic E-state index is 0. The van der Waals surface area contributed by atoms with Crippen molar-refractivity contribution in [2.24, 2.45) is 0 Å². The summed E-state index contributed by atoms with van der Waals surface area (Å²) in [6.07, 6.45) is 0. The SMILES string of the molecule is CC(C)(c1ccccc1)c1cc(C(=O)[O-])c(O)c(-c2ccccc2)c1.CC(C)(c1ccccc1)c1cc(C(=O)[O-])c(O)c(-c2ccccc2)c1.[Zn+2]. The van der Waals surface area contributed by atoms with E-state index in [4.69, 9.17) is 0 Å². The second-order valence-electron chi connectivity index (χ2n) is 13.1. The quantitative estimate of drug-likeness (QED) is 0.157. The van der Waals surface area contributed by atoms with Gasteiger partial charge in [-0.3, -0.25) is 0 Å². The molecule has 2 N–H and O–H groups in total. The molecule has 0 spiro atoms. The number of hydrogen-bond donors (Lipinski definition) is 2. The van der Waals surface area contributed by atoms with Crippen molar-refractivity contribution in [1.29, 1.82) is 0 Å². The van der Waals surface area contributed by atoms with Crippen molar-refractivity contribution in [2.75, 3.05) is 0 Å². The third-order valence-electron chi connectivity index (χ3n) is 9.26. The Hall–Kier alpha value is -5.52. The van der Waals surface area contributed by atoms with Gasteiger partial charge in [0.15, 0.2) is 0 Å². The maximum Gasteiger partial charge on any atom is 2.00 e. The summed E-state index contributed by atoms with van der Waals surface area (Å²) in [5, 5.41) is 44.0. The first kappa shape index (κ1) is 38.3. The van der Waals surface area contributed by atoms with Gasteiger partial charge in [0.25, 0.3) is 0 Å². The molecule has 0 saturated carbocycles. The standard InChI is InChI=1S/2C22H20O3.Zn/c2*1-22(2,16-11-7-4-8-12-16)17-13-18(15-9-5-3-6-10-15)20(23)19(14-17)21(24)25;/h2*3-14,23H,1-2H3,(H,24,25);/q;;+2/p-2. The van der Waals surface area contributed by atoms with Crippen LogP contribution in [0.1, 0.15) is 70.7 Å². The van der Waals surface area contributed by atoms with E-state index in [-0.39, 0.29) is 42.1 Å². The Bertz CT molecular complexity index is 1960. The van der Waals surface area contributed by atoms with E-state index >= 15 is 0 Å². The zero-order chi connectivity index (χ0) is 36.1. The molecular weight excluding hydrogens is 690 g/mol. The molecule has 0 unspecified atom stereocenters. The van der Waals surface area contributed by atoms with Crippen molar-refractivity contribution in [2.45, 2.75) is 38.5 Å². The molecule has 0 aliphatic heterocycles. The fraction of sp³-hybridized carbons (Fsp3) is 0.136. The van der Waals surface area contributed by atoms with E-state index < -0.39 is 22.8 Å². The molecular formula is C44H38O6Zn. The molecule has 0 atom stereocenters. The van der Waals surface area contributed by atoms with Gasteiger partial charge in [-0.15, -0.1) is 0 Å². The molecule has 6 rings (SSSR count). The van der Waals surface area contributed by atoms with E-state index in [2.05, 4.69) is 0 Å². The van der Waals surface area contributed by atoms with Crippen LogP contribution < -0.4 is 10.2 Å². The Balaban J connectivity index is 0.000000224. The van der Waals surface area contributed by atoms with E-state index in [1.807, 2.05) is 161 Å². The van der Waals surface area contributed by atoms with Crippen LogP contribution in [0.4, 0.5) is 0 Å². The third-order valence-corrected chi connectivity index (χ3v) is 9.26. The molecule has 0 radical (unpaired) electrons. The van der Waals surface area contributed by atoms with Crippen LogP contribution in [0.25, 0.3) is 22.3 Å². The van der Waals surface area contributed by atoms with Crippen molar-refractivity contribution >= 4 is 11.9 Å². The van der Waals surface area contributed by atoms with Crippen molar-refractivity contribution in [3.8, 4) is 33.8 Å². The monoisotopic (exact) mass is 726 g/mol. The minimum Gasteiger partial charge on any atom is -0.545 e. The van der Waals surface area contributed by atoms with Crippen LogP contribution in [-0.4, -0.2) is 22.2 Å². The van der Waals surface area contributed by atoms with Crippen LogP contribution in [0.3, 0.4) is 0 Å². The van der Waals surface area contributed by atoms with Crippen molar-refractivity contribution < 1.29 is 49.5 Å². The van der Waals surface area contributed by atoms with E-state index in [1.54, 1.807) is 0 Å². The van der Waals surface area contributed by atoms with Crippen molar-refractivity contribution in [3.05, 3.63) is 179 Å². The zero-order valence-electron chi connectivity index (χ0n) is 29.1. The number of hydrogen-bond acceptors (Lipinski definition) is 6. The zero-order valence-corrected chi connectivity index (χ0v) is 32.1. The number of carbonyl (C=O) groups excluding carboxylic acids is 2. The van der Waals surface area contributed by atoms with Crippen LogP contribution in [0, 0.1) is 0 Å². The molecule has 0 amide bonds. The predicted octanol–water partition coefficient (Wildman–Crippen LogP) is 7.49. The molecule has 6 aromatic carbocycles. The van der Waals surface area contributed by atoms with Gasteiger partial charge in [0.05, 0.1) is 11.9 Å². The fourth-order valence-electron chi connectivity index (χ4n) is 6.02. The normalized spacial score (nSPS) is 11.1. The largest absolute Gasteiger partial charge is 2.00 e. The van der Waals surface area contributed by atoms with Crippen molar-refractivity contribution in [3.63, 3.8) is 0 Å². The van der Waals surface area contributed by atoms with Gasteiger partial charge < -0.3 is 30.0 Å². The van der Waals surface area contributed by atoms with Crippen LogP contribution in [0.15, 0.2) is 146 Å². The van der Waals surface area contributed by atoms with Gasteiger partial charge >= 0.3 is 19.5 Å². The Labute approximate surface area is 311 Å². The number of benzene rings is 6. The number of phenols is 2. The van der Waals surface area contributed by atoms with Crippen LogP contribution in [-0.2, 0) is 30.3 Å². The fourth-order valence-corrected chi connectivity index (χ4v) is 6.02. The minimum atomic E-state index is -1.39. The van der Waals surface area contributed by atoms with E-state index in [0.29, 0.717) is 11.1 Å². The average molecular weight is 728 g/mol. The number of carboxylic acids is 2. The summed E-state index contributed by atoms with van der Waals surface area (Å²) in [7, 11) is 0. The molecule has 6 aromatic rings. The Morgan fingerprint density at radius 3 is 1.00 bits per heavy atom. The molecule has 51 heavy (non-hydrogen) atoms. The van der Waals surface area contributed by atoms with Gasteiger partial charge in [0.2, 0.25) is 0 Å². The Morgan fingerprint density at radius 1 is 0.451 bits per heavy atom. The van der Waals surface area contributed by atoms with Gasteiger partial charge in [-0.1, -0.05) is 149 Å². The topological polar surface area (TPSA) is 121 Å². The number of rotatable bonds is 8. The predicted molar refractivity (Wildman–Crippen MR) is 193 cm³/mol. The molecule has 0 bridgehead atoms. The van der Waals surface area contributed by atoms with Gasteiger partial charge in [0.1, 0.15) is 11.5 Å². The third kappa shape index (κ3) is 8.28. The van der Waals surface area contributed by atoms with Crippen molar-refractivity contribution in [1.82, 2.24) is 0 Å². The smallest absolute Gasteiger partial charge is 0.545 e. The summed E-state index contributed by atoms with van der Waals surface area (Å²) in [5.74, 6) is -3.31. The molecule has 0 heterocycles. The molecule has 0 saturated heterocycles. The maximum absolute atomic E-state index is 11.5. The summed E-state index contributed by atoms with van der Waals surface area (Å²) in [4.78, 5) is 23.1. The Morgan fingerprint density at radius 2 is 0.725 bits per heavy atom. The number of carbonyl (C=O) groups is 2. The molecule has 6 nitrogen and oxygen atoms in total. The van der Waals surface area contributed by atoms with Crippen LogP contribution in [0.2, 0.25) is 0 Å². The van der Waals surface area contributed by atoms with E-state index in [0.717, 1.165) is 33.4 Å². The molecule has 0 fully saturated rings. The molecule has 252 valence electrons. The van der Waals surface area contributed by atoms with Gasteiger partial charge in [0, 0.05) is 33.1 Å². The van der Waals surface area contributed by atoms with Crippen LogP contribution in [0.5, 0.6) is 11.5 Å². The summed E-state index contributed by atoms with van der Waals surface area (Å²) in [6.45, 7) is 8.12. The van der Waals surface area contributed by atoms with Gasteiger partial charge in [-0.2, -0.15) is 0 Å². The second kappa shape index (κ2) is 16.0. The number of aromatic carboxylic acids is 2. The first-order chi connectivity index (χ1) is 23.8. The van der Waals surface area contributed by atoms with E-state index in [1.165, 1.54) is 12.1 Å². The first-order valence-electron chi connectivity index (χ1n) is 16.2. The molecule has 0 aliphatic rings. The van der Waals surface area contributed by atoms with Gasteiger partial charge in [-0.05, 0) is 57.6 Å². The molecule has 0 aliphatic carbocycles. The summed E-state index contributed by atoms with van der Waals surface area (Å²) >= 11 is 0.